The third-order valence-electron chi connectivity index (χ3n) is 2.94. The second kappa shape index (κ2) is 5.61. The molecule has 0 saturated carbocycles. The van der Waals surface area contributed by atoms with Gasteiger partial charge in [0.1, 0.15) is 0 Å². The van der Waals surface area contributed by atoms with Crippen molar-refractivity contribution in [2.45, 2.75) is 13.3 Å². The molecule has 1 aromatic carbocycles. The predicted molar refractivity (Wildman–Crippen MR) is 75.3 cm³/mol. The molecule has 110 valence electrons. The van der Waals surface area contributed by atoms with Crippen molar-refractivity contribution in [1.82, 2.24) is 9.78 Å². The molecule has 2 N–H and O–H groups in total. The number of anilines is 1. The van der Waals surface area contributed by atoms with E-state index in [2.05, 4.69) is 10.4 Å². The number of nitrogens with zero attached hydrogens (tertiary/aromatic N) is 3. The van der Waals surface area contributed by atoms with Gasteiger partial charge in [-0.3, -0.25) is 19.6 Å². The Kier molecular flexibility index (Phi) is 3.88. The molecule has 0 spiro atoms. The van der Waals surface area contributed by atoms with Gasteiger partial charge in [0.2, 0.25) is 5.75 Å². The second-order valence-corrected chi connectivity index (χ2v) is 4.40. The summed E-state index contributed by atoms with van der Waals surface area (Å²) < 4.78 is 1.56. The van der Waals surface area contributed by atoms with Crippen LogP contribution in [0.2, 0.25) is 0 Å². The van der Waals surface area contributed by atoms with E-state index in [9.17, 15) is 20.0 Å². The monoisotopic (exact) mass is 290 g/mol. The molecular weight excluding hydrogens is 276 g/mol. The van der Waals surface area contributed by atoms with Crippen molar-refractivity contribution in [3.8, 4) is 5.75 Å². The third kappa shape index (κ3) is 2.83. The number of carbonyl (C=O) groups is 1. The van der Waals surface area contributed by atoms with Crippen molar-refractivity contribution in [3.63, 3.8) is 0 Å². The summed E-state index contributed by atoms with van der Waals surface area (Å²) in [4.78, 5) is 22.2. The van der Waals surface area contributed by atoms with Crippen LogP contribution in [-0.2, 0) is 13.5 Å². The van der Waals surface area contributed by atoms with E-state index in [1.54, 1.807) is 17.9 Å². The second-order valence-electron chi connectivity index (χ2n) is 4.40. The molecule has 8 heteroatoms. The highest BCUT2D eigenvalue weighted by Crippen LogP contribution is 2.30. The maximum atomic E-state index is 12.2. The SMILES string of the molecule is CCc1nn(C)cc1NC(=O)c1cccc([N+](=O)[O-])c1O. The van der Waals surface area contributed by atoms with E-state index < -0.39 is 22.3 Å². The third-order valence-corrected chi connectivity index (χ3v) is 2.94. The molecule has 0 bridgehead atoms. The van der Waals surface area contributed by atoms with E-state index in [0.717, 1.165) is 6.07 Å². The Morgan fingerprint density at radius 1 is 1.52 bits per heavy atom. The molecule has 0 atom stereocenters. The first-order valence-corrected chi connectivity index (χ1v) is 6.24. The largest absolute Gasteiger partial charge is 0.502 e. The molecule has 0 aliphatic carbocycles. The fraction of sp³-hybridized carbons (Fsp3) is 0.231. The number of nitrogens with one attached hydrogen (secondary N) is 1. The minimum Gasteiger partial charge on any atom is -0.502 e. The van der Waals surface area contributed by atoms with Gasteiger partial charge >= 0.3 is 5.69 Å². The predicted octanol–water partition coefficient (Wildman–Crippen LogP) is 1.85. The fourth-order valence-corrected chi connectivity index (χ4v) is 1.95. The van der Waals surface area contributed by atoms with Gasteiger partial charge in [-0.15, -0.1) is 0 Å². The summed E-state index contributed by atoms with van der Waals surface area (Å²) in [5, 5.41) is 27.4. The summed E-state index contributed by atoms with van der Waals surface area (Å²) in [7, 11) is 1.72. The van der Waals surface area contributed by atoms with Crippen molar-refractivity contribution in [2.75, 3.05) is 5.32 Å². The lowest BCUT2D eigenvalue weighted by atomic mass is 10.1. The Balaban J connectivity index is 2.33. The number of aromatic hydroxyl groups is 1. The van der Waals surface area contributed by atoms with Crippen LogP contribution in [-0.4, -0.2) is 25.7 Å². The molecule has 2 aromatic rings. The summed E-state index contributed by atoms with van der Waals surface area (Å²) in [5.74, 6) is -1.28. The highest BCUT2D eigenvalue weighted by molar-refractivity contribution is 6.07. The molecular formula is C13H14N4O4. The number of benzene rings is 1. The molecule has 2 rings (SSSR count). The number of phenols is 1. The topological polar surface area (TPSA) is 110 Å². The van der Waals surface area contributed by atoms with Gasteiger partial charge in [-0.05, 0) is 12.5 Å². The number of phenolic OH excluding ortho intramolecular Hbond substituents is 1. The first-order valence-electron chi connectivity index (χ1n) is 6.24. The summed E-state index contributed by atoms with van der Waals surface area (Å²) in [6.07, 6.45) is 2.25. The van der Waals surface area contributed by atoms with Crippen molar-refractivity contribution >= 4 is 17.3 Å². The summed E-state index contributed by atoms with van der Waals surface area (Å²) in [5.41, 5.74) is 0.534. The molecule has 0 radical (unpaired) electrons. The van der Waals surface area contributed by atoms with Crippen LogP contribution in [0, 0.1) is 10.1 Å². The summed E-state index contributed by atoms with van der Waals surface area (Å²) in [6, 6.07) is 3.80. The summed E-state index contributed by atoms with van der Waals surface area (Å²) >= 11 is 0. The zero-order valence-electron chi connectivity index (χ0n) is 11.5. The van der Waals surface area contributed by atoms with Crippen molar-refractivity contribution < 1.29 is 14.8 Å². The average molecular weight is 290 g/mol. The molecule has 8 nitrogen and oxygen atoms in total. The van der Waals surface area contributed by atoms with Crippen molar-refractivity contribution in [2.24, 2.45) is 7.05 Å². The normalized spacial score (nSPS) is 10.4. The standard InChI is InChI=1S/C13H14N4O4/c1-3-9-10(7-16(2)15-9)14-13(19)8-5-4-6-11(12(8)18)17(20)21/h4-7,18H,3H2,1-2H3,(H,14,19). The van der Waals surface area contributed by atoms with Crippen molar-refractivity contribution in [3.05, 3.63) is 45.8 Å². The van der Waals surface area contributed by atoms with Gasteiger partial charge in [-0.2, -0.15) is 5.10 Å². The quantitative estimate of drug-likeness (QED) is 0.659. The Hall–Kier alpha value is -2.90. The van der Waals surface area contributed by atoms with E-state index in [0.29, 0.717) is 17.8 Å². The minimum atomic E-state index is -0.742. The number of carbonyl (C=O) groups excluding carboxylic acids is 1. The first kappa shape index (κ1) is 14.5. The number of para-hydroxylation sites is 1. The molecule has 1 aromatic heterocycles. The number of nitro benzene ring substituents is 1. The number of aromatic nitrogens is 2. The lowest BCUT2D eigenvalue weighted by Crippen LogP contribution is -2.13. The van der Waals surface area contributed by atoms with E-state index >= 15 is 0 Å². The van der Waals surface area contributed by atoms with Crippen LogP contribution in [0.5, 0.6) is 5.75 Å². The van der Waals surface area contributed by atoms with Gasteiger partial charge in [-0.25, -0.2) is 0 Å². The number of rotatable bonds is 4. The molecule has 0 fully saturated rings. The van der Waals surface area contributed by atoms with Crippen LogP contribution < -0.4 is 5.32 Å². The van der Waals surface area contributed by atoms with E-state index in [4.69, 9.17) is 0 Å². The van der Waals surface area contributed by atoms with Crippen LogP contribution in [0.1, 0.15) is 23.0 Å². The average Bonchev–Trinajstić information content (AvgIpc) is 2.78. The van der Waals surface area contributed by atoms with E-state index in [-0.39, 0.29) is 5.56 Å². The van der Waals surface area contributed by atoms with Gasteiger partial charge in [0.15, 0.2) is 0 Å². The minimum absolute atomic E-state index is 0.157. The molecule has 0 aliphatic rings. The van der Waals surface area contributed by atoms with Gasteiger partial charge in [-0.1, -0.05) is 13.0 Å². The molecule has 1 amide bonds. The highest BCUT2D eigenvalue weighted by atomic mass is 16.6. The van der Waals surface area contributed by atoms with Crippen LogP contribution in [0.4, 0.5) is 11.4 Å². The first-order chi connectivity index (χ1) is 9.93. The number of hydrogen-bond donors (Lipinski definition) is 2. The number of amides is 1. The smallest absolute Gasteiger partial charge is 0.311 e. The van der Waals surface area contributed by atoms with E-state index in [1.807, 2.05) is 6.92 Å². The molecule has 21 heavy (non-hydrogen) atoms. The number of aryl methyl sites for hydroxylation is 2. The van der Waals surface area contributed by atoms with Crippen LogP contribution in [0.25, 0.3) is 0 Å². The number of hydrogen-bond acceptors (Lipinski definition) is 5. The highest BCUT2D eigenvalue weighted by Gasteiger charge is 2.21. The van der Waals surface area contributed by atoms with Crippen LogP contribution in [0.3, 0.4) is 0 Å². The van der Waals surface area contributed by atoms with Gasteiger partial charge in [0, 0.05) is 19.3 Å². The lowest BCUT2D eigenvalue weighted by molar-refractivity contribution is -0.385. The summed E-state index contributed by atoms with van der Waals surface area (Å²) in [6.45, 7) is 1.89. The maximum absolute atomic E-state index is 12.2. The van der Waals surface area contributed by atoms with Crippen LogP contribution in [0.15, 0.2) is 24.4 Å². The maximum Gasteiger partial charge on any atom is 0.311 e. The Morgan fingerprint density at radius 2 is 2.24 bits per heavy atom. The number of nitro groups is 1. The zero-order valence-corrected chi connectivity index (χ0v) is 11.5. The Bertz CT molecular complexity index is 708. The lowest BCUT2D eigenvalue weighted by Gasteiger charge is -2.06. The van der Waals surface area contributed by atoms with Gasteiger partial charge in [0.25, 0.3) is 5.91 Å². The van der Waals surface area contributed by atoms with Gasteiger partial charge < -0.3 is 10.4 Å². The molecule has 0 saturated heterocycles. The molecule has 0 aliphatic heterocycles. The van der Waals surface area contributed by atoms with Gasteiger partial charge in [0.05, 0.1) is 21.9 Å². The zero-order chi connectivity index (χ0) is 15.6. The Morgan fingerprint density at radius 3 is 2.86 bits per heavy atom. The molecule has 0 unspecified atom stereocenters. The van der Waals surface area contributed by atoms with E-state index in [1.165, 1.54) is 12.1 Å². The van der Waals surface area contributed by atoms with Crippen molar-refractivity contribution in [1.29, 1.82) is 0 Å². The Labute approximate surface area is 120 Å². The van der Waals surface area contributed by atoms with Crippen LogP contribution >= 0.6 is 0 Å². The molecule has 1 heterocycles. The fourth-order valence-electron chi connectivity index (χ4n) is 1.95.